The molecule has 1 aromatic heterocycles. The first-order valence-corrected chi connectivity index (χ1v) is 7.04. The lowest BCUT2D eigenvalue weighted by Gasteiger charge is -2.07. The smallest absolute Gasteiger partial charge is 0.406 e. The Labute approximate surface area is 133 Å². The zero-order valence-electron chi connectivity index (χ0n) is 12.9. The fraction of sp³-hybridized carbons (Fsp3) is 0.357. The Morgan fingerprint density at radius 3 is 2.87 bits per heavy atom. The lowest BCUT2D eigenvalue weighted by atomic mass is 10.2. The average Bonchev–Trinajstić information content (AvgIpc) is 2.97. The van der Waals surface area contributed by atoms with Crippen molar-refractivity contribution in [2.45, 2.75) is 12.8 Å². The number of carbonyl (C=O) groups excluding carboxylic acids is 2. The van der Waals surface area contributed by atoms with Crippen LogP contribution in [0.5, 0.6) is 0 Å². The highest BCUT2D eigenvalue weighted by atomic mass is 16.5. The van der Waals surface area contributed by atoms with Crippen LogP contribution in [0.3, 0.4) is 0 Å². The molecule has 9 nitrogen and oxygen atoms in total. The van der Waals surface area contributed by atoms with E-state index < -0.39 is 6.09 Å². The molecule has 0 aliphatic carbocycles. The minimum Gasteiger partial charge on any atom is -0.453 e. The molecule has 0 spiro atoms. The molecule has 2 N–H and O–H groups in total. The molecule has 2 aromatic rings. The molecule has 1 aromatic carbocycles. The number of ether oxygens (including phenoxy) is 1. The Morgan fingerprint density at radius 2 is 2.17 bits per heavy atom. The maximum atomic E-state index is 11.9. The number of anilines is 1. The van der Waals surface area contributed by atoms with Crippen LogP contribution < -0.4 is 10.6 Å². The quantitative estimate of drug-likeness (QED) is 0.767. The number of tetrazole rings is 1. The minimum atomic E-state index is -0.504. The van der Waals surface area contributed by atoms with Crippen LogP contribution >= 0.6 is 0 Å². The summed E-state index contributed by atoms with van der Waals surface area (Å²) in [7, 11) is 3.04. The monoisotopic (exact) mass is 318 g/mol. The van der Waals surface area contributed by atoms with Crippen molar-refractivity contribution in [3.8, 4) is 11.4 Å². The molecule has 122 valence electrons. The highest BCUT2D eigenvalue weighted by molar-refractivity contribution is 5.91. The molecule has 1 heterocycles. The Bertz CT molecular complexity index is 685. The van der Waals surface area contributed by atoms with Crippen molar-refractivity contribution in [1.82, 2.24) is 25.5 Å². The number of benzene rings is 1. The summed E-state index contributed by atoms with van der Waals surface area (Å²) in [6.07, 6.45) is 0.309. The number of hydrogen-bond donors (Lipinski definition) is 2. The van der Waals surface area contributed by atoms with E-state index in [9.17, 15) is 9.59 Å². The van der Waals surface area contributed by atoms with E-state index in [4.69, 9.17) is 0 Å². The summed E-state index contributed by atoms with van der Waals surface area (Å²) < 4.78 is 6.00. The Balaban J connectivity index is 1.87. The van der Waals surface area contributed by atoms with Crippen molar-refractivity contribution < 1.29 is 14.3 Å². The fourth-order valence-corrected chi connectivity index (χ4v) is 1.95. The van der Waals surface area contributed by atoms with Gasteiger partial charge in [0.15, 0.2) is 5.82 Å². The highest BCUT2D eigenvalue weighted by Gasteiger charge is 2.08. The van der Waals surface area contributed by atoms with Gasteiger partial charge in [-0.15, -0.1) is 5.10 Å². The summed E-state index contributed by atoms with van der Waals surface area (Å²) in [4.78, 5) is 22.8. The van der Waals surface area contributed by atoms with E-state index in [1.807, 2.05) is 12.1 Å². The molecule has 23 heavy (non-hydrogen) atoms. The molecule has 0 saturated carbocycles. The summed E-state index contributed by atoms with van der Waals surface area (Å²) in [6.45, 7) is 0.380. The number of nitrogens with one attached hydrogen (secondary N) is 2. The number of hydrogen-bond acceptors (Lipinski definition) is 6. The van der Waals surface area contributed by atoms with Crippen molar-refractivity contribution in [3.63, 3.8) is 0 Å². The fourth-order valence-electron chi connectivity index (χ4n) is 1.95. The van der Waals surface area contributed by atoms with Gasteiger partial charge in [-0.05, 0) is 29.0 Å². The third-order valence-corrected chi connectivity index (χ3v) is 3.06. The zero-order chi connectivity index (χ0) is 16.7. The largest absolute Gasteiger partial charge is 0.453 e. The van der Waals surface area contributed by atoms with Crippen molar-refractivity contribution in [2.24, 2.45) is 7.05 Å². The van der Waals surface area contributed by atoms with E-state index in [1.54, 1.807) is 23.9 Å². The zero-order valence-corrected chi connectivity index (χ0v) is 12.9. The molecule has 0 atom stereocenters. The van der Waals surface area contributed by atoms with Gasteiger partial charge < -0.3 is 15.4 Å². The van der Waals surface area contributed by atoms with Gasteiger partial charge in [-0.25, -0.2) is 9.48 Å². The van der Waals surface area contributed by atoms with Gasteiger partial charge in [0.25, 0.3) is 0 Å². The molecule has 0 aliphatic heterocycles. The molecular weight excluding hydrogens is 300 g/mol. The lowest BCUT2D eigenvalue weighted by Crippen LogP contribution is -2.25. The maximum absolute atomic E-state index is 11.9. The van der Waals surface area contributed by atoms with Gasteiger partial charge >= 0.3 is 6.09 Å². The summed E-state index contributed by atoms with van der Waals surface area (Å²) in [5.74, 6) is 0.480. The number of aromatic nitrogens is 4. The number of amides is 2. The topological polar surface area (TPSA) is 111 Å². The van der Waals surface area contributed by atoms with Crippen LogP contribution in [0.25, 0.3) is 11.4 Å². The van der Waals surface area contributed by atoms with Gasteiger partial charge in [0.1, 0.15) is 0 Å². The van der Waals surface area contributed by atoms with Gasteiger partial charge in [-0.2, -0.15) is 0 Å². The number of aryl methyl sites for hydroxylation is 1. The number of nitrogens with zero attached hydrogens (tertiary/aromatic N) is 4. The SMILES string of the molecule is COC(=O)NCCCC(=O)Nc1cccc(-c2nnnn2C)c1. The average molecular weight is 318 g/mol. The second-order valence-electron chi connectivity index (χ2n) is 4.78. The summed E-state index contributed by atoms with van der Waals surface area (Å²) in [5.41, 5.74) is 1.47. The molecule has 0 unspecified atom stereocenters. The van der Waals surface area contributed by atoms with Gasteiger partial charge in [0.05, 0.1) is 7.11 Å². The van der Waals surface area contributed by atoms with E-state index in [2.05, 4.69) is 30.9 Å². The van der Waals surface area contributed by atoms with Crippen LogP contribution in [0.1, 0.15) is 12.8 Å². The van der Waals surface area contributed by atoms with Crippen LogP contribution in [-0.2, 0) is 16.6 Å². The van der Waals surface area contributed by atoms with Crippen LogP contribution in [0.15, 0.2) is 24.3 Å². The van der Waals surface area contributed by atoms with Crippen molar-refractivity contribution in [2.75, 3.05) is 19.0 Å². The maximum Gasteiger partial charge on any atom is 0.406 e. The van der Waals surface area contributed by atoms with Crippen molar-refractivity contribution >= 4 is 17.7 Å². The molecule has 0 bridgehead atoms. The third-order valence-electron chi connectivity index (χ3n) is 3.06. The van der Waals surface area contributed by atoms with Crippen LogP contribution in [0.2, 0.25) is 0 Å². The highest BCUT2D eigenvalue weighted by Crippen LogP contribution is 2.19. The Morgan fingerprint density at radius 1 is 1.35 bits per heavy atom. The Kier molecular flexibility index (Phi) is 5.61. The molecule has 0 saturated heterocycles. The van der Waals surface area contributed by atoms with Crippen LogP contribution in [-0.4, -0.2) is 45.9 Å². The second kappa shape index (κ2) is 7.87. The first-order valence-electron chi connectivity index (χ1n) is 7.04. The van der Waals surface area contributed by atoms with E-state index in [0.717, 1.165) is 5.56 Å². The molecule has 9 heteroatoms. The van der Waals surface area contributed by atoms with E-state index in [0.29, 0.717) is 30.9 Å². The predicted molar refractivity (Wildman–Crippen MR) is 82.5 cm³/mol. The van der Waals surface area contributed by atoms with E-state index >= 15 is 0 Å². The summed E-state index contributed by atoms with van der Waals surface area (Å²) in [6, 6.07) is 7.27. The lowest BCUT2D eigenvalue weighted by molar-refractivity contribution is -0.116. The molecule has 0 aliphatic rings. The first kappa shape index (κ1) is 16.4. The number of methoxy groups -OCH3 is 1. The normalized spacial score (nSPS) is 10.2. The minimum absolute atomic E-state index is 0.134. The Hall–Kier alpha value is -2.97. The standard InChI is InChI=1S/C14H18N6O3/c1-20-13(17-18-19-20)10-5-3-6-11(9-10)16-12(21)7-4-8-15-14(22)23-2/h3,5-6,9H,4,7-8H2,1-2H3,(H,15,22)(H,16,21). The second-order valence-corrected chi connectivity index (χ2v) is 4.78. The predicted octanol–water partition coefficient (Wildman–Crippen LogP) is 0.952. The van der Waals surface area contributed by atoms with Gasteiger partial charge in [0.2, 0.25) is 5.91 Å². The summed E-state index contributed by atoms with van der Waals surface area (Å²) >= 11 is 0. The number of carbonyl (C=O) groups is 2. The molecule has 2 amide bonds. The first-order chi connectivity index (χ1) is 11.1. The molecule has 0 fully saturated rings. The van der Waals surface area contributed by atoms with Crippen molar-refractivity contribution in [1.29, 1.82) is 0 Å². The summed E-state index contributed by atoms with van der Waals surface area (Å²) in [5, 5.41) is 16.6. The van der Waals surface area contributed by atoms with Gasteiger partial charge in [-0.1, -0.05) is 12.1 Å². The number of alkyl carbamates (subject to hydrolysis) is 1. The van der Waals surface area contributed by atoms with Crippen molar-refractivity contribution in [3.05, 3.63) is 24.3 Å². The van der Waals surface area contributed by atoms with Gasteiger partial charge in [-0.3, -0.25) is 4.79 Å². The molecule has 2 rings (SSSR count). The molecular formula is C14H18N6O3. The van der Waals surface area contributed by atoms with Crippen LogP contribution in [0, 0.1) is 0 Å². The van der Waals surface area contributed by atoms with E-state index in [1.165, 1.54) is 7.11 Å². The van der Waals surface area contributed by atoms with E-state index in [-0.39, 0.29) is 5.91 Å². The number of rotatable bonds is 6. The third kappa shape index (κ3) is 4.77. The molecule has 0 radical (unpaired) electrons. The van der Waals surface area contributed by atoms with Gasteiger partial charge in [0, 0.05) is 31.3 Å². The van der Waals surface area contributed by atoms with Crippen LogP contribution in [0.4, 0.5) is 10.5 Å².